The molecule has 1 aromatic rings. The van der Waals surface area contributed by atoms with Crippen LogP contribution in [0.3, 0.4) is 0 Å². The van der Waals surface area contributed by atoms with Crippen LogP contribution in [0.15, 0.2) is 30.3 Å². The standard InChI is InChI=1S/C14H17NO2.ClH/c1-17-14(16)9-6-11-4-7-12(8-5-11)13-3-2-10-15-13;/h4-9,13,15H,2-3,10H2,1H3;1H. The van der Waals surface area contributed by atoms with E-state index in [1.54, 1.807) is 6.08 Å². The third kappa shape index (κ3) is 3.86. The molecule has 98 valence electrons. The lowest BCUT2D eigenvalue weighted by Crippen LogP contribution is -2.12. The summed E-state index contributed by atoms with van der Waals surface area (Å²) in [6.07, 6.45) is 5.65. The molecule has 0 spiro atoms. The van der Waals surface area contributed by atoms with Gasteiger partial charge in [-0.05, 0) is 36.6 Å². The number of halogens is 1. The van der Waals surface area contributed by atoms with Gasteiger partial charge in [-0.2, -0.15) is 0 Å². The van der Waals surface area contributed by atoms with Gasteiger partial charge in [0.2, 0.25) is 0 Å². The summed E-state index contributed by atoms with van der Waals surface area (Å²) >= 11 is 0. The number of benzene rings is 1. The number of methoxy groups -OCH3 is 1. The highest BCUT2D eigenvalue weighted by Crippen LogP contribution is 2.23. The summed E-state index contributed by atoms with van der Waals surface area (Å²) in [5.74, 6) is -0.327. The third-order valence-corrected chi connectivity index (χ3v) is 3.01. The van der Waals surface area contributed by atoms with Gasteiger partial charge < -0.3 is 10.1 Å². The van der Waals surface area contributed by atoms with Crippen LogP contribution in [0, 0.1) is 0 Å². The lowest BCUT2D eigenvalue weighted by molar-refractivity contribution is -0.134. The predicted molar refractivity (Wildman–Crippen MR) is 74.7 cm³/mol. The van der Waals surface area contributed by atoms with Crippen LogP contribution in [0.2, 0.25) is 0 Å². The van der Waals surface area contributed by atoms with Gasteiger partial charge in [-0.25, -0.2) is 4.79 Å². The molecule has 3 nitrogen and oxygen atoms in total. The Balaban J connectivity index is 0.00000162. The molecule has 0 amide bonds. The molecule has 1 aliphatic rings. The highest BCUT2D eigenvalue weighted by atomic mass is 35.5. The van der Waals surface area contributed by atoms with Gasteiger partial charge in [-0.1, -0.05) is 24.3 Å². The molecule has 0 radical (unpaired) electrons. The largest absolute Gasteiger partial charge is 0.466 e. The molecule has 4 heteroatoms. The Bertz CT molecular complexity index is 408. The molecular formula is C14H18ClNO2. The molecule has 1 atom stereocenters. The van der Waals surface area contributed by atoms with E-state index in [0.717, 1.165) is 12.1 Å². The Morgan fingerprint density at radius 3 is 2.67 bits per heavy atom. The second-order valence-electron chi connectivity index (χ2n) is 4.17. The molecule has 0 saturated carbocycles. The van der Waals surface area contributed by atoms with Crippen LogP contribution in [-0.2, 0) is 9.53 Å². The van der Waals surface area contributed by atoms with E-state index in [1.807, 2.05) is 12.1 Å². The quantitative estimate of drug-likeness (QED) is 0.676. The Hall–Kier alpha value is -1.32. The van der Waals surface area contributed by atoms with Crippen molar-refractivity contribution in [1.82, 2.24) is 5.32 Å². The molecule has 1 unspecified atom stereocenters. The second kappa shape index (κ2) is 7.19. The van der Waals surface area contributed by atoms with Gasteiger partial charge in [0.05, 0.1) is 7.11 Å². The maximum atomic E-state index is 10.9. The van der Waals surface area contributed by atoms with Gasteiger partial charge in [0.1, 0.15) is 0 Å². The number of rotatable bonds is 3. The summed E-state index contributed by atoms with van der Waals surface area (Å²) in [7, 11) is 1.38. The van der Waals surface area contributed by atoms with E-state index in [2.05, 4.69) is 22.2 Å². The van der Waals surface area contributed by atoms with E-state index in [4.69, 9.17) is 0 Å². The van der Waals surface area contributed by atoms with Gasteiger partial charge in [0.25, 0.3) is 0 Å². The number of carbonyl (C=O) groups is 1. The van der Waals surface area contributed by atoms with Crippen LogP contribution in [0.25, 0.3) is 6.08 Å². The molecule has 1 heterocycles. The Labute approximate surface area is 114 Å². The van der Waals surface area contributed by atoms with Crippen molar-refractivity contribution in [3.8, 4) is 0 Å². The lowest BCUT2D eigenvalue weighted by Gasteiger charge is -2.10. The second-order valence-corrected chi connectivity index (χ2v) is 4.17. The minimum Gasteiger partial charge on any atom is -0.466 e. The van der Waals surface area contributed by atoms with E-state index in [0.29, 0.717) is 6.04 Å². The normalized spacial score (nSPS) is 18.6. The average Bonchev–Trinajstić information content (AvgIpc) is 2.90. The summed E-state index contributed by atoms with van der Waals surface area (Å²) in [6, 6.07) is 8.76. The number of hydrogen-bond acceptors (Lipinski definition) is 3. The van der Waals surface area contributed by atoms with Crippen LogP contribution in [-0.4, -0.2) is 19.6 Å². The fraction of sp³-hybridized carbons (Fsp3) is 0.357. The summed E-state index contributed by atoms with van der Waals surface area (Å²) < 4.78 is 4.54. The maximum Gasteiger partial charge on any atom is 0.330 e. The van der Waals surface area contributed by atoms with Gasteiger partial charge in [0.15, 0.2) is 0 Å². The van der Waals surface area contributed by atoms with Gasteiger partial charge in [-0.3, -0.25) is 0 Å². The number of carbonyl (C=O) groups excluding carboxylic acids is 1. The van der Waals surface area contributed by atoms with Crippen molar-refractivity contribution in [3.05, 3.63) is 41.5 Å². The van der Waals surface area contributed by atoms with E-state index in [9.17, 15) is 4.79 Å². The molecule has 0 aliphatic carbocycles. The minimum absolute atomic E-state index is 0. The Kier molecular flexibility index (Phi) is 5.89. The molecular weight excluding hydrogens is 250 g/mol. The monoisotopic (exact) mass is 267 g/mol. The van der Waals surface area contributed by atoms with Crippen molar-refractivity contribution in [2.24, 2.45) is 0 Å². The van der Waals surface area contributed by atoms with Gasteiger partial charge in [0, 0.05) is 12.1 Å². The molecule has 1 aliphatic heterocycles. The minimum atomic E-state index is -0.327. The molecule has 1 saturated heterocycles. The zero-order chi connectivity index (χ0) is 12.1. The van der Waals surface area contributed by atoms with E-state index in [1.165, 1.54) is 31.6 Å². The van der Waals surface area contributed by atoms with Crippen LogP contribution in [0.5, 0.6) is 0 Å². The first-order chi connectivity index (χ1) is 8.29. The highest BCUT2D eigenvalue weighted by molar-refractivity contribution is 5.86. The smallest absolute Gasteiger partial charge is 0.330 e. The summed E-state index contributed by atoms with van der Waals surface area (Å²) in [5.41, 5.74) is 2.33. The van der Waals surface area contributed by atoms with Gasteiger partial charge in [-0.15, -0.1) is 12.4 Å². The predicted octanol–water partition coefficient (Wildman–Crippen LogP) is 2.72. The van der Waals surface area contributed by atoms with E-state index >= 15 is 0 Å². The van der Waals surface area contributed by atoms with E-state index < -0.39 is 0 Å². The molecule has 1 fully saturated rings. The lowest BCUT2D eigenvalue weighted by atomic mass is 10.0. The fourth-order valence-corrected chi connectivity index (χ4v) is 2.04. The zero-order valence-corrected chi connectivity index (χ0v) is 11.2. The third-order valence-electron chi connectivity index (χ3n) is 3.01. The molecule has 18 heavy (non-hydrogen) atoms. The number of ether oxygens (including phenoxy) is 1. The van der Waals surface area contributed by atoms with Crippen molar-refractivity contribution >= 4 is 24.5 Å². The van der Waals surface area contributed by atoms with Crippen LogP contribution in [0.4, 0.5) is 0 Å². The first kappa shape index (κ1) is 14.7. The summed E-state index contributed by atoms with van der Waals surface area (Å²) in [4.78, 5) is 10.9. The SMILES string of the molecule is COC(=O)C=Cc1ccc(C2CCCN2)cc1.Cl. The topological polar surface area (TPSA) is 38.3 Å². The van der Waals surface area contributed by atoms with Crippen LogP contribution in [0.1, 0.15) is 30.0 Å². The Morgan fingerprint density at radius 1 is 1.39 bits per heavy atom. The van der Waals surface area contributed by atoms with Gasteiger partial charge >= 0.3 is 5.97 Å². The number of nitrogens with one attached hydrogen (secondary N) is 1. The van der Waals surface area contributed by atoms with Crippen molar-refractivity contribution < 1.29 is 9.53 Å². The average molecular weight is 268 g/mol. The molecule has 2 rings (SSSR count). The molecule has 0 bridgehead atoms. The highest BCUT2D eigenvalue weighted by Gasteiger charge is 2.15. The first-order valence-electron chi connectivity index (χ1n) is 5.89. The summed E-state index contributed by atoms with van der Waals surface area (Å²) in [5, 5.41) is 3.46. The molecule has 1 aromatic carbocycles. The number of esters is 1. The Morgan fingerprint density at radius 2 is 2.11 bits per heavy atom. The maximum absolute atomic E-state index is 10.9. The summed E-state index contributed by atoms with van der Waals surface area (Å²) in [6.45, 7) is 1.11. The molecule has 0 aromatic heterocycles. The number of hydrogen-bond donors (Lipinski definition) is 1. The van der Waals surface area contributed by atoms with Crippen LogP contribution >= 0.6 is 12.4 Å². The zero-order valence-electron chi connectivity index (χ0n) is 10.4. The van der Waals surface area contributed by atoms with Crippen molar-refractivity contribution in [1.29, 1.82) is 0 Å². The molecule has 1 N–H and O–H groups in total. The van der Waals surface area contributed by atoms with Crippen molar-refractivity contribution in [2.75, 3.05) is 13.7 Å². The van der Waals surface area contributed by atoms with E-state index in [-0.39, 0.29) is 18.4 Å². The fourth-order valence-electron chi connectivity index (χ4n) is 2.04. The first-order valence-corrected chi connectivity index (χ1v) is 5.89. The van der Waals surface area contributed by atoms with Crippen molar-refractivity contribution in [2.45, 2.75) is 18.9 Å². The van der Waals surface area contributed by atoms with Crippen molar-refractivity contribution in [3.63, 3.8) is 0 Å². The van der Waals surface area contributed by atoms with Crippen LogP contribution < -0.4 is 5.32 Å².